The average molecular weight is 274 g/mol. The van der Waals surface area contributed by atoms with Crippen LogP contribution in [0.25, 0.3) is 0 Å². The Hall–Kier alpha value is -1.93. The zero-order valence-electron chi connectivity index (χ0n) is 9.24. The predicted molar refractivity (Wildman–Crippen MR) is 59.6 cm³/mol. The minimum Gasteiger partial charge on any atom is -0.478 e. The molecule has 0 spiro atoms. The van der Waals surface area contributed by atoms with Gasteiger partial charge in [0.2, 0.25) is 0 Å². The largest absolute Gasteiger partial charge is 0.478 e. The standard InChI is InChI=1S/C10H10O7S/c1-2-6-7(10(13)14)3-5(9(11)12)4-8(6)18(15,16)17/h3-4H,2H2,1H3,(H,11,12)(H,13,14)(H,15,16,17). The molecule has 8 heteroatoms. The summed E-state index contributed by atoms with van der Waals surface area (Å²) in [5.74, 6) is -2.94. The smallest absolute Gasteiger partial charge is 0.336 e. The van der Waals surface area contributed by atoms with Crippen molar-refractivity contribution in [2.75, 3.05) is 0 Å². The number of benzene rings is 1. The van der Waals surface area contributed by atoms with E-state index in [9.17, 15) is 18.0 Å². The maximum absolute atomic E-state index is 11.1. The van der Waals surface area contributed by atoms with Gasteiger partial charge in [0.05, 0.1) is 16.0 Å². The first-order valence-corrected chi connectivity index (χ1v) is 6.23. The monoisotopic (exact) mass is 274 g/mol. The van der Waals surface area contributed by atoms with Crippen molar-refractivity contribution in [2.24, 2.45) is 0 Å². The van der Waals surface area contributed by atoms with Gasteiger partial charge in [-0.1, -0.05) is 6.92 Å². The molecule has 0 fully saturated rings. The van der Waals surface area contributed by atoms with Gasteiger partial charge in [-0.2, -0.15) is 8.42 Å². The van der Waals surface area contributed by atoms with E-state index in [2.05, 4.69) is 0 Å². The maximum atomic E-state index is 11.1. The van der Waals surface area contributed by atoms with E-state index in [0.29, 0.717) is 0 Å². The summed E-state index contributed by atoms with van der Waals surface area (Å²) in [5.41, 5.74) is -1.10. The summed E-state index contributed by atoms with van der Waals surface area (Å²) in [4.78, 5) is 21.1. The van der Waals surface area contributed by atoms with Gasteiger partial charge in [0.1, 0.15) is 0 Å². The number of carbonyl (C=O) groups is 2. The molecule has 0 aliphatic rings. The van der Waals surface area contributed by atoms with Gasteiger partial charge in [-0.25, -0.2) is 9.59 Å². The lowest BCUT2D eigenvalue weighted by atomic mass is 10.0. The van der Waals surface area contributed by atoms with E-state index in [1.165, 1.54) is 6.92 Å². The summed E-state index contributed by atoms with van der Waals surface area (Å²) in [6, 6.07) is 1.60. The van der Waals surface area contributed by atoms with Crippen molar-refractivity contribution < 1.29 is 32.8 Å². The Morgan fingerprint density at radius 2 is 1.72 bits per heavy atom. The topological polar surface area (TPSA) is 129 Å². The molecule has 7 nitrogen and oxygen atoms in total. The molecule has 1 aromatic carbocycles. The van der Waals surface area contributed by atoms with E-state index in [1.54, 1.807) is 0 Å². The molecule has 98 valence electrons. The molecule has 1 aromatic rings. The SMILES string of the molecule is CCc1c(C(=O)O)cc(C(=O)O)cc1S(=O)(=O)O. The third-order valence-electron chi connectivity index (χ3n) is 2.32. The fourth-order valence-corrected chi connectivity index (χ4v) is 2.40. The molecule has 3 N–H and O–H groups in total. The molecule has 0 bridgehead atoms. The van der Waals surface area contributed by atoms with Gasteiger partial charge in [-0.3, -0.25) is 4.55 Å². The summed E-state index contributed by atoms with van der Waals surface area (Å²) < 4.78 is 31.3. The third-order valence-corrected chi connectivity index (χ3v) is 3.24. The van der Waals surface area contributed by atoms with Gasteiger partial charge >= 0.3 is 11.9 Å². The van der Waals surface area contributed by atoms with E-state index >= 15 is 0 Å². The average Bonchev–Trinajstić information content (AvgIpc) is 2.25. The lowest BCUT2D eigenvalue weighted by Crippen LogP contribution is -2.12. The summed E-state index contributed by atoms with van der Waals surface area (Å²) >= 11 is 0. The van der Waals surface area contributed by atoms with E-state index in [4.69, 9.17) is 14.8 Å². The van der Waals surface area contributed by atoms with Crippen LogP contribution < -0.4 is 0 Å². The van der Waals surface area contributed by atoms with Crippen LogP contribution in [0.1, 0.15) is 33.2 Å². The number of rotatable bonds is 4. The molecule has 18 heavy (non-hydrogen) atoms. The van der Waals surface area contributed by atoms with Crippen LogP contribution in [0.2, 0.25) is 0 Å². The van der Waals surface area contributed by atoms with Crippen LogP contribution in [0.15, 0.2) is 17.0 Å². The zero-order valence-corrected chi connectivity index (χ0v) is 10.1. The van der Waals surface area contributed by atoms with Crippen molar-refractivity contribution in [1.82, 2.24) is 0 Å². The minimum atomic E-state index is -4.68. The Balaban J connectivity index is 3.78. The Bertz CT molecular complexity index is 615. The second-order valence-corrected chi connectivity index (χ2v) is 4.83. The van der Waals surface area contributed by atoms with E-state index in [1.807, 2.05) is 0 Å². The van der Waals surface area contributed by atoms with E-state index in [0.717, 1.165) is 12.1 Å². The third kappa shape index (κ3) is 2.66. The lowest BCUT2D eigenvalue weighted by Gasteiger charge is -2.10. The maximum Gasteiger partial charge on any atom is 0.336 e. The molecule has 0 aromatic heterocycles. The second kappa shape index (κ2) is 4.75. The molecular formula is C10H10O7S. The number of carboxylic acids is 2. The molecule has 0 saturated heterocycles. The Morgan fingerprint density at radius 1 is 1.17 bits per heavy atom. The summed E-state index contributed by atoms with van der Waals surface area (Å²) in [6.45, 7) is 1.50. The molecule has 0 amide bonds. The van der Waals surface area contributed by atoms with Crippen LogP contribution in [-0.2, 0) is 16.5 Å². The van der Waals surface area contributed by atoms with Crippen LogP contribution in [0, 0.1) is 0 Å². The van der Waals surface area contributed by atoms with Gasteiger partial charge in [0.25, 0.3) is 10.1 Å². The number of hydrogen-bond donors (Lipinski definition) is 3. The Morgan fingerprint density at radius 3 is 2.06 bits per heavy atom. The molecule has 0 aliphatic carbocycles. The van der Waals surface area contributed by atoms with Crippen molar-refractivity contribution in [2.45, 2.75) is 18.2 Å². The van der Waals surface area contributed by atoms with Crippen LogP contribution >= 0.6 is 0 Å². The van der Waals surface area contributed by atoms with Crippen molar-refractivity contribution >= 4 is 22.1 Å². The Kier molecular flexibility index (Phi) is 3.73. The Labute approximate surface area is 102 Å². The number of hydrogen-bond acceptors (Lipinski definition) is 4. The summed E-state index contributed by atoms with van der Waals surface area (Å²) in [7, 11) is -4.68. The highest BCUT2D eigenvalue weighted by Crippen LogP contribution is 2.23. The number of carboxylic acid groups (broad SMARTS) is 2. The van der Waals surface area contributed by atoms with Gasteiger partial charge in [0.15, 0.2) is 0 Å². The fourth-order valence-electron chi connectivity index (χ4n) is 1.55. The summed E-state index contributed by atoms with van der Waals surface area (Å²) in [5, 5.41) is 17.7. The second-order valence-electron chi connectivity index (χ2n) is 3.44. The molecule has 0 saturated carbocycles. The molecular weight excluding hydrogens is 264 g/mol. The van der Waals surface area contributed by atoms with Crippen molar-refractivity contribution in [3.8, 4) is 0 Å². The van der Waals surface area contributed by atoms with E-state index in [-0.39, 0.29) is 12.0 Å². The van der Waals surface area contributed by atoms with E-state index < -0.39 is 38.1 Å². The first kappa shape index (κ1) is 14.1. The summed E-state index contributed by atoms with van der Waals surface area (Å²) in [6.07, 6.45) is 0.0245. The zero-order chi connectivity index (χ0) is 14.1. The van der Waals surface area contributed by atoms with Gasteiger partial charge in [0, 0.05) is 0 Å². The molecule has 0 atom stereocenters. The van der Waals surface area contributed by atoms with Gasteiger partial charge < -0.3 is 10.2 Å². The number of aromatic carboxylic acids is 2. The van der Waals surface area contributed by atoms with Crippen LogP contribution in [0.3, 0.4) is 0 Å². The van der Waals surface area contributed by atoms with Crippen LogP contribution in [-0.4, -0.2) is 35.1 Å². The quantitative estimate of drug-likeness (QED) is 0.695. The minimum absolute atomic E-state index is 0.0245. The molecule has 0 unspecified atom stereocenters. The first-order valence-electron chi connectivity index (χ1n) is 4.79. The van der Waals surface area contributed by atoms with Crippen LogP contribution in [0.4, 0.5) is 0 Å². The first-order chi connectivity index (χ1) is 8.18. The fraction of sp³-hybridized carbons (Fsp3) is 0.200. The molecule has 0 radical (unpaired) electrons. The highest BCUT2D eigenvalue weighted by Gasteiger charge is 2.23. The van der Waals surface area contributed by atoms with Crippen molar-refractivity contribution in [1.29, 1.82) is 0 Å². The van der Waals surface area contributed by atoms with Crippen molar-refractivity contribution in [3.63, 3.8) is 0 Å². The highest BCUT2D eigenvalue weighted by atomic mass is 32.2. The van der Waals surface area contributed by atoms with Gasteiger partial charge in [-0.15, -0.1) is 0 Å². The highest BCUT2D eigenvalue weighted by molar-refractivity contribution is 7.85. The normalized spacial score (nSPS) is 11.2. The van der Waals surface area contributed by atoms with Crippen molar-refractivity contribution in [3.05, 3.63) is 28.8 Å². The van der Waals surface area contributed by atoms with Crippen LogP contribution in [0.5, 0.6) is 0 Å². The molecule has 0 aliphatic heterocycles. The van der Waals surface area contributed by atoms with Gasteiger partial charge in [-0.05, 0) is 24.1 Å². The lowest BCUT2D eigenvalue weighted by molar-refractivity contribution is 0.0695. The molecule has 1 rings (SSSR count). The molecule has 0 heterocycles. The predicted octanol–water partition coefficient (Wildman–Crippen LogP) is 0.892.